The molecule has 0 radical (unpaired) electrons. The van der Waals surface area contributed by atoms with Gasteiger partial charge in [-0.2, -0.15) is 0 Å². The van der Waals surface area contributed by atoms with Crippen LogP contribution in [0.5, 0.6) is 0 Å². The van der Waals surface area contributed by atoms with Crippen LogP contribution in [0.25, 0.3) is 0 Å². The summed E-state index contributed by atoms with van der Waals surface area (Å²) < 4.78 is 0. The summed E-state index contributed by atoms with van der Waals surface area (Å²) in [5, 5.41) is 0.806. The van der Waals surface area contributed by atoms with Crippen molar-refractivity contribution in [3.05, 3.63) is 28.8 Å². The van der Waals surface area contributed by atoms with E-state index in [9.17, 15) is 4.79 Å². The first-order valence-corrected chi connectivity index (χ1v) is 7.64. The molecule has 0 atom stereocenters. The molecule has 4 heteroatoms. The molecule has 1 aromatic rings. The number of amides is 1. The topological polar surface area (TPSA) is 23.6 Å². The Morgan fingerprint density at radius 1 is 1.25 bits per heavy atom. The van der Waals surface area contributed by atoms with Gasteiger partial charge in [-0.15, -0.1) is 0 Å². The number of anilines is 1. The number of hydrogen-bond acceptors (Lipinski definition) is 2. The highest BCUT2D eigenvalue weighted by Crippen LogP contribution is 2.27. The Bertz CT molecular complexity index is 479. The zero-order valence-corrected chi connectivity index (χ0v) is 13.3. The molecule has 1 aliphatic rings. The number of benzene rings is 1. The Labute approximate surface area is 126 Å². The standard InChI is InChI=1S/C16H23ClN2O/c1-12(2)11-16(20)19-9-7-18(8-10-19)15-6-4-5-14(17)13(15)3/h4-6,12H,7-11H2,1-3H3. The predicted octanol–water partition coefficient (Wildman–Crippen LogP) is 3.34. The van der Waals surface area contributed by atoms with E-state index in [2.05, 4.69) is 24.8 Å². The first kappa shape index (κ1) is 15.2. The fourth-order valence-electron chi connectivity index (χ4n) is 2.61. The van der Waals surface area contributed by atoms with Crippen molar-refractivity contribution in [2.24, 2.45) is 5.92 Å². The van der Waals surface area contributed by atoms with Gasteiger partial charge >= 0.3 is 0 Å². The third-order valence-corrected chi connectivity index (χ3v) is 4.20. The highest BCUT2D eigenvalue weighted by atomic mass is 35.5. The van der Waals surface area contributed by atoms with Crippen molar-refractivity contribution in [2.45, 2.75) is 27.2 Å². The van der Waals surface area contributed by atoms with E-state index in [1.807, 2.05) is 24.0 Å². The van der Waals surface area contributed by atoms with Crippen LogP contribution in [-0.4, -0.2) is 37.0 Å². The van der Waals surface area contributed by atoms with Crippen LogP contribution in [0.3, 0.4) is 0 Å². The Morgan fingerprint density at radius 3 is 2.50 bits per heavy atom. The summed E-state index contributed by atoms with van der Waals surface area (Å²) in [5.74, 6) is 0.707. The zero-order chi connectivity index (χ0) is 14.7. The molecule has 1 amide bonds. The molecular weight excluding hydrogens is 272 g/mol. The molecule has 110 valence electrons. The molecule has 1 saturated heterocycles. The quantitative estimate of drug-likeness (QED) is 0.853. The van der Waals surface area contributed by atoms with Crippen molar-refractivity contribution in [1.29, 1.82) is 0 Å². The number of carbonyl (C=O) groups is 1. The second-order valence-electron chi connectivity index (χ2n) is 5.85. The van der Waals surface area contributed by atoms with Crippen molar-refractivity contribution in [1.82, 2.24) is 4.90 Å². The summed E-state index contributed by atoms with van der Waals surface area (Å²) in [4.78, 5) is 16.4. The van der Waals surface area contributed by atoms with Crippen molar-refractivity contribution >= 4 is 23.2 Å². The monoisotopic (exact) mass is 294 g/mol. The Morgan fingerprint density at radius 2 is 1.90 bits per heavy atom. The maximum atomic E-state index is 12.1. The van der Waals surface area contributed by atoms with E-state index in [4.69, 9.17) is 11.6 Å². The van der Waals surface area contributed by atoms with E-state index >= 15 is 0 Å². The predicted molar refractivity (Wildman–Crippen MR) is 84.4 cm³/mol. The average Bonchev–Trinajstić information content (AvgIpc) is 2.41. The lowest BCUT2D eigenvalue weighted by Gasteiger charge is -2.37. The van der Waals surface area contributed by atoms with Gasteiger partial charge in [-0.05, 0) is 30.5 Å². The van der Waals surface area contributed by atoms with E-state index in [0.717, 1.165) is 36.8 Å². The maximum absolute atomic E-state index is 12.1. The fourth-order valence-corrected chi connectivity index (χ4v) is 2.78. The number of hydrogen-bond donors (Lipinski definition) is 0. The van der Waals surface area contributed by atoms with Crippen LogP contribution < -0.4 is 4.90 Å². The third kappa shape index (κ3) is 3.45. The Hall–Kier alpha value is -1.22. The summed E-state index contributed by atoms with van der Waals surface area (Å²) in [6, 6.07) is 6.01. The van der Waals surface area contributed by atoms with Crippen molar-refractivity contribution in [3.63, 3.8) is 0 Å². The molecule has 0 aliphatic carbocycles. The normalized spacial score (nSPS) is 15.8. The Kier molecular flexibility index (Phi) is 4.92. The summed E-state index contributed by atoms with van der Waals surface area (Å²) in [6.07, 6.45) is 0.649. The van der Waals surface area contributed by atoms with Crippen molar-refractivity contribution in [3.8, 4) is 0 Å². The smallest absolute Gasteiger partial charge is 0.222 e. The molecule has 1 aliphatic heterocycles. The minimum absolute atomic E-state index is 0.280. The maximum Gasteiger partial charge on any atom is 0.222 e. The molecule has 2 rings (SSSR count). The largest absolute Gasteiger partial charge is 0.368 e. The van der Waals surface area contributed by atoms with Crippen LogP contribution in [0.2, 0.25) is 5.02 Å². The third-order valence-electron chi connectivity index (χ3n) is 3.80. The van der Waals surface area contributed by atoms with Crippen molar-refractivity contribution in [2.75, 3.05) is 31.1 Å². The minimum atomic E-state index is 0.280. The lowest BCUT2D eigenvalue weighted by molar-refractivity contribution is -0.132. The minimum Gasteiger partial charge on any atom is -0.368 e. The molecule has 3 nitrogen and oxygen atoms in total. The average molecular weight is 295 g/mol. The lowest BCUT2D eigenvalue weighted by atomic mass is 10.1. The highest BCUT2D eigenvalue weighted by molar-refractivity contribution is 6.31. The Balaban J connectivity index is 1.97. The van der Waals surface area contributed by atoms with E-state index in [-0.39, 0.29) is 5.91 Å². The summed E-state index contributed by atoms with van der Waals surface area (Å²) in [6.45, 7) is 9.59. The number of rotatable bonds is 3. The van der Waals surface area contributed by atoms with Crippen molar-refractivity contribution < 1.29 is 4.79 Å². The molecule has 1 fully saturated rings. The van der Waals surface area contributed by atoms with Gasteiger partial charge in [-0.1, -0.05) is 31.5 Å². The molecule has 20 heavy (non-hydrogen) atoms. The van der Waals surface area contributed by atoms with Gasteiger partial charge in [-0.3, -0.25) is 4.79 Å². The van der Waals surface area contributed by atoms with E-state index < -0.39 is 0 Å². The molecule has 1 aromatic carbocycles. The van der Waals surface area contributed by atoms with Crippen LogP contribution in [0.4, 0.5) is 5.69 Å². The molecule has 0 bridgehead atoms. The lowest BCUT2D eigenvalue weighted by Crippen LogP contribution is -2.49. The number of nitrogens with zero attached hydrogens (tertiary/aromatic N) is 2. The number of piperazine rings is 1. The molecule has 0 saturated carbocycles. The molecule has 1 heterocycles. The zero-order valence-electron chi connectivity index (χ0n) is 12.5. The first-order valence-electron chi connectivity index (χ1n) is 7.27. The van der Waals surface area contributed by atoms with E-state index in [1.54, 1.807) is 0 Å². The molecule has 0 unspecified atom stereocenters. The van der Waals surface area contributed by atoms with Crippen LogP contribution in [0.15, 0.2) is 18.2 Å². The fraction of sp³-hybridized carbons (Fsp3) is 0.562. The molecule has 0 aromatic heterocycles. The van der Waals surface area contributed by atoms with Gasteiger partial charge in [-0.25, -0.2) is 0 Å². The van der Waals surface area contributed by atoms with Gasteiger partial charge in [0.05, 0.1) is 0 Å². The van der Waals surface area contributed by atoms with Gasteiger partial charge in [0.1, 0.15) is 0 Å². The summed E-state index contributed by atoms with van der Waals surface area (Å²) >= 11 is 6.18. The molecular formula is C16H23ClN2O. The highest BCUT2D eigenvalue weighted by Gasteiger charge is 2.22. The first-order chi connectivity index (χ1) is 9.49. The van der Waals surface area contributed by atoms with Crippen LogP contribution in [0, 0.1) is 12.8 Å². The van der Waals surface area contributed by atoms with Crippen LogP contribution >= 0.6 is 11.6 Å². The second-order valence-corrected chi connectivity index (χ2v) is 6.26. The van der Waals surface area contributed by atoms with Crippen LogP contribution in [0.1, 0.15) is 25.8 Å². The van der Waals surface area contributed by atoms with Gasteiger partial charge < -0.3 is 9.80 Å². The number of halogens is 1. The van der Waals surface area contributed by atoms with Gasteiger partial charge in [0.15, 0.2) is 0 Å². The van der Waals surface area contributed by atoms with Crippen LogP contribution in [-0.2, 0) is 4.79 Å². The summed E-state index contributed by atoms with van der Waals surface area (Å²) in [5.41, 5.74) is 2.31. The van der Waals surface area contributed by atoms with Gasteiger partial charge in [0, 0.05) is 43.3 Å². The molecule has 0 spiro atoms. The van der Waals surface area contributed by atoms with Gasteiger partial charge in [0.25, 0.3) is 0 Å². The molecule has 0 N–H and O–H groups in total. The van der Waals surface area contributed by atoms with E-state index in [0.29, 0.717) is 12.3 Å². The SMILES string of the molecule is Cc1c(Cl)cccc1N1CCN(C(=O)CC(C)C)CC1. The second kappa shape index (κ2) is 6.49. The number of carbonyl (C=O) groups excluding carboxylic acids is 1. The van der Waals surface area contributed by atoms with Gasteiger partial charge in [0.2, 0.25) is 5.91 Å². The summed E-state index contributed by atoms with van der Waals surface area (Å²) in [7, 11) is 0. The van der Waals surface area contributed by atoms with E-state index in [1.165, 1.54) is 5.69 Å².